The molecule has 0 saturated carbocycles. The van der Waals surface area contributed by atoms with Crippen LogP contribution in [0.5, 0.6) is 0 Å². The Morgan fingerprint density at radius 1 is 0.556 bits per heavy atom. The Morgan fingerprint density at radius 3 is 1.67 bits per heavy atom. The van der Waals surface area contributed by atoms with Crippen molar-refractivity contribution >= 4 is 27.6 Å². The van der Waals surface area contributed by atoms with E-state index in [1.165, 1.54) is 33.4 Å². The van der Waals surface area contributed by atoms with Crippen molar-refractivity contribution in [3.8, 4) is 11.1 Å². The highest BCUT2D eigenvalue weighted by Crippen LogP contribution is 2.31. The topological polar surface area (TPSA) is 0 Å². The first-order valence-corrected chi connectivity index (χ1v) is 9.78. The van der Waals surface area contributed by atoms with Crippen LogP contribution in [0.1, 0.15) is 16.7 Å². The normalized spacial score (nSPS) is 10.4. The van der Waals surface area contributed by atoms with Crippen LogP contribution in [0.2, 0.25) is 0 Å². The quantitative estimate of drug-likeness (QED) is 0.302. The molecule has 4 rings (SSSR count). The van der Waals surface area contributed by atoms with Crippen LogP contribution in [0.4, 0.5) is 0 Å². The van der Waals surface area contributed by atoms with E-state index in [0.717, 1.165) is 4.47 Å². The summed E-state index contributed by atoms with van der Waals surface area (Å²) in [7, 11) is 0. The molecule has 1 heteroatoms. The van der Waals surface area contributed by atoms with Gasteiger partial charge in [-0.15, -0.1) is 0 Å². The van der Waals surface area contributed by atoms with Gasteiger partial charge in [-0.05, 0) is 51.6 Å². The highest BCUT2D eigenvalue weighted by atomic mass is 79.9. The molecule has 27 heavy (non-hydrogen) atoms. The maximum Gasteiger partial charge on any atom is 0.0175 e. The Bertz CT molecular complexity index is 1000. The molecule has 0 aromatic heterocycles. The minimum atomic E-state index is 1.09. The molecule has 0 unspecified atom stereocenters. The molecule has 0 aliphatic carbocycles. The first-order valence-electron chi connectivity index (χ1n) is 8.99. The van der Waals surface area contributed by atoms with Crippen LogP contribution < -0.4 is 0 Å². The van der Waals surface area contributed by atoms with Gasteiger partial charge in [-0.3, -0.25) is 0 Å². The van der Waals surface area contributed by atoms with Gasteiger partial charge in [-0.1, -0.05) is 113 Å². The molecule has 4 aromatic rings. The first-order chi connectivity index (χ1) is 13.3. The molecule has 0 aliphatic heterocycles. The van der Waals surface area contributed by atoms with Gasteiger partial charge in [0.1, 0.15) is 0 Å². The van der Waals surface area contributed by atoms with Crippen molar-refractivity contribution in [3.05, 3.63) is 130 Å². The minimum Gasteiger partial charge on any atom is -0.0622 e. The Kier molecular flexibility index (Phi) is 5.32. The van der Waals surface area contributed by atoms with Crippen LogP contribution in [-0.4, -0.2) is 0 Å². The van der Waals surface area contributed by atoms with E-state index < -0.39 is 0 Å². The SMILES string of the molecule is Brc1ccc(-c2ccccc2C=C(c2ccccc2)c2ccccc2)cc1. The fraction of sp³-hybridized carbons (Fsp3) is 0. The van der Waals surface area contributed by atoms with Crippen molar-refractivity contribution in [2.45, 2.75) is 0 Å². The van der Waals surface area contributed by atoms with Crippen LogP contribution in [0, 0.1) is 0 Å². The lowest BCUT2D eigenvalue weighted by molar-refractivity contribution is 1.54. The smallest absolute Gasteiger partial charge is 0.0175 e. The van der Waals surface area contributed by atoms with Crippen molar-refractivity contribution in [1.29, 1.82) is 0 Å². The van der Waals surface area contributed by atoms with E-state index in [-0.39, 0.29) is 0 Å². The zero-order valence-electron chi connectivity index (χ0n) is 14.8. The molecule has 0 aliphatic rings. The maximum absolute atomic E-state index is 3.53. The zero-order valence-corrected chi connectivity index (χ0v) is 16.4. The van der Waals surface area contributed by atoms with Crippen molar-refractivity contribution < 1.29 is 0 Å². The first kappa shape index (κ1) is 17.5. The number of halogens is 1. The predicted octanol–water partition coefficient (Wildman–Crippen LogP) is 7.71. The van der Waals surface area contributed by atoms with Crippen molar-refractivity contribution in [3.63, 3.8) is 0 Å². The van der Waals surface area contributed by atoms with Gasteiger partial charge in [0.15, 0.2) is 0 Å². The third-order valence-electron chi connectivity index (χ3n) is 4.59. The van der Waals surface area contributed by atoms with E-state index in [9.17, 15) is 0 Å². The highest BCUT2D eigenvalue weighted by molar-refractivity contribution is 9.10. The molecule has 0 heterocycles. The Labute approximate surface area is 169 Å². The van der Waals surface area contributed by atoms with Crippen LogP contribution in [0.15, 0.2) is 114 Å². The molecular formula is C26H19Br. The monoisotopic (exact) mass is 410 g/mol. The lowest BCUT2D eigenvalue weighted by atomic mass is 9.92. The van der Waals surface area contributed by atoms with Gasteiger partial charge in [-0.2, -0.15) is 0 Å². The van der Waals surface area contributed by atoms with E-state index in [4.69, 9.17) is 0 Å². The molecule has 0 radical (unpaired) electrons. The summed E-state index contributed by atoms with van der Waals surface area (Å²) in [5, 5.41) is 0. The lowest BCUT2D eigenvalue weighted by Gasteiger charge is -2.12. The fourth-order valence-corrected chi connectivity index (χ4v) is 3.50. The number of rotatable bonds is 4. The minimum absolute atomic E-state index is 1.09. The summed E-state index contributed by atoms with van der Waals surface area (Å²) < 4.78 is 1.09. The van der Waals surface area contributed by atoms with Crippen LogP contribution >= 0.6 is 15.9 Å². The van der Waals surface area contributed by atoms with Gasteiger partial charge in [0.25, 0.3) is 0 Å². The summed E-state index contributed by atoms with van der Waals surface area (Å²) in [5.74, 6) is 0. The lowest BCUT2D eigenvalue weighted by Crippen LogP contribution is -1.90. The second-order valence-electron chi connectivity index (χ2n) is 6.38. The highest BCUT2D eigenvalue weighted by Gasteiger charge is 2.08. The van der Waals surface area contributed by atoms with Gasteiger partial charge < -0.3 is 0 Å². The Balaban J connectivity index is 1.88. The number of hydrogen-bond acceptors (Lipinski definition) is 0. The van der Waals surface area contributed by atoms with E-state index in [2.05, 4.69) is 131 Å². The van der Waals surface area contributed by atoms with Gasteiger partial charge in [0, 0.05) is 4.47 Å². The van der Waals surface area contributed by atoms with Gasteiger partial charge in [0.2, 0.25) is 0 Å². The van der Waals surface area contributed by atoms with Crippen LogP contribution in [0.25, 0.3) is 22.8 Å². The molecule has 130 valence electrons. The molecule has 0 spiro atoms. The molecule has 0 N–H and O–H groups in total. The van der Waals surface area contributed by atoms with Crippen LogP contribution in [0.3, 0.4) is 0 Å². The molecule has 0 bridgehead atoms. The second kappa shape index (κ2) is 8.20. The predicted molar refractivity (Wildman–Crippen MR) is 119 cm³/mol. The average molecular weight is 411 g/mol. The maximum atomic E-state index is 3.53. The standard InChI is InChI=1S/C26H19Br/c27-24-17-15-22(16-18-24)25-14-8-7-13-23(25)19-26(20-9-3-1-4-10-20)21-11-5-2-6-12-21/h1-19H. The van der Waals surface area contributed by atoms with Crippen molar-refractivity contribution in [2.24, 2.45) is 0 Å². The molecular weight excluding hydrogens is 392 g/mol. The van der Waals surface area contributed by atoms with Gasteiger partial charge in [-0.25, -0.2) is 0 Å². The van der Waals surface area contributed by atoms with Crippen LogP contribution in [-0.2, 0) is 0 Å². The van der Waals surface area contributed by atoms with E-state index >= 15 is 0 Å². The fourth-order valence-electron chi connectivity index (χ4n) is 3.24. The zero-order chi connectivity index (χ0) is 18.5. The van der Waals surface area contributed by atoms with Gasteiger partial charge >= 0.3 is 0 Å². The molecule has 0 amide bonds. The van der Waals surface area contributed by atoms with E-state index in [1.807, 2.05) is 0 Å². The number of hydrogen-bond donors (Lipinski definition) is 0. The third-order valence-corrected chi connectivity index (χ3v) is 5.11. The molecule has 4 aromatic carbocycles. The average Bonchev–Trinajstić information content (AvgIpc) is 2.74. The number of benzene rings is 4. The van der Waals surface area contributed by atoms with E-state index in [0.29, 0.717) is 0 Å². The summed E-state index contributed by atoms with van der Waals surface area (Å²) in [6.45, 7) is 0. The van der Waals surface area contributed by atoms with Gasteiger partial charge in [0.05, 0.1) is 0 Å². The summed E-state index contributed by atoms with van der Waals surface area (Å²) in [6.07, 6.45) is 2.29. The summed E-state index contributed by atoms with van der Waals surface area (Å²) in [5.41, 5.74) is 7.31. The molecule has 0 nitrogen and oxygen atoms in total. The molecule has 0 saturated heterocycles. The summed E-state index contributed by atoms with van der Waals surface area (Å²) in [6, 6.07) is 38.2. The van der Waals surface area contributed by atoms with E-state index in [1.54, 1.807) is 0 Å². The third kappa shape index (κ3) is 4.10. The molecule has 0 atom stereocenters. The largest absolute Gasteiger partial charge is 0.0622 e. The summed E-state index contributed by atoms with van der Waals surface area (Å²) in [4.78, 5) is 0. The van der Waals surface area contributed by atoms with Crippen molar-refractivity contribution in [1.82, 2.24) is 0 Å². The molecule has 0 fully saturated rings. The Morgan fingerprint density at radius 2 is 1.07 bits per heavy atom. The summed E-state index contributed by atoms with van der Waals surface area (Å²) >= 11 is 3.53. The second-order valence-corrected chi connectivity index (χ2v) is 7.30. The van der Waals surface area contributed by atoms with Crippen molar-refractivity contribution in [2.75, 3.05) is 0 Å². The Hall–Kier alpha value is -2.90.